The standard InChI is InChI=1S/C25H34N2O3/c1-25(2,3)27(19-21-13-9-6-10-14-21)16-15-26(17-20-11-7-5-8-12-20)18-22(27)23(30-4)24(28)29/h5-14,22-23H,15-19H2,1-4H3/p+1. The monoisotopic (exact) mass is 411 g/mol. The largest absolute Gasteiger partial charge is 0.479 e. The summed E-state index contributed by atoms with van der Waals surface area (Å²) < 4.78 is 6.28. The van der Waals surface area contributed by atoms with Gasteiger partial charge in [-0.1, -0.05) is 60.7 Å². The fourth-order valence-corrected chi connectivity index (χ4v) is 4.94. The third-order valence-electron chi connectivity index (χ3n) is 6.63. The molecular weight excluding hydrogens is 376 g/mol. The van der Waals surface area contributed by atoms with E-state index in [4.69, 9.17) is 4.74 Å². The van der Waals surface area contributed by atoms with Crippen LogP contribution in [0.3, 0.4) is 0 Å². The number of quaternary nitrogens is 1. The molecule has 1 saturated heterocycles. The first-order valence-corrected chi connectivity index (χ1v) is 10.7. The van der Waals surface area contributed by atoms with Gasteiger partial charge in [-0.25, -0.2) is 4.79 Å². The first-order chi connectivity index (χ1) is 14.3. The van der Waals surface area contributed by atoms with Gasteiger partial charge >= 0.3 is 5.97 Å². The van der Waals surface area contributed by atoms with Crippen LogP contribution in [-0.4, -0.2) is 64.9 Å². The number of piperazine rings is 1. The summed E-state index contributed by atoms with van der Waals surface area (Å²) in [6.45, 7) is 10.8. The maximum atomic E-state index is 12.2. The molecule has 3 unspecified atom stereocenters. The predicted octanol–water partition coefficient (Wildman–Crippen LogP) is 3.79. The van der Waals surface area contributed by atoms with Crippen LogP contribution in [0.15, 0.2) is 60.7 Å². The van der Waals surface area contributed by atoms with Crippen molar-refractivity contribution in [1.29, 1.82) is 0 Å². The van der Waals surface area contributed by atoms with Gasteiger partial charge in [-0.2, -0.15) is 0 Å². The van der Waals surface area contributed by atoms with E-state index in [1.165, 1.54) is 18.2 Å². The minimum absolute atomic E-state index is 0.133. The van der Waals surface area contributed by atoms with Crippen LogP contribution >= 0.6 is 0 Å². The summed E-state index contributed by atoms with van der Waals surface area (Å²) in [5.74, 6) is -0.885. The third kappa shape index (κ3) is 4.75. The van der Waals surface area contributed by atoms with E-state index in [1.807, 2.05) is 12.1 Å². The fourth-order valence-electron chi connectivity index (χ4n) is 4.94. The van der Waals surface area contributed by atoms with Gasteiger partial charge in [-0.05, 0) is 26.3 Å². The quantitative estimate of drug-likeness (QED) is 0.705. The van der Waals surface area contributed by atoms with E-state index >= 15 is 0 Å². The van der Waals surface area contributed by atoms with Crippen LogP contribution in [0.2, 0.25) is 0 Å². The van der Waals surface area contributed by atoms with Crippen LogP contribution < -0.4 is 0 Å². The Labute approximate surface area is 180 Å². The third-order valence-corrected chi connectivity index (χ3v) is 6.63. The minimum Gasteiger partial charge on any atom is -0.479 e. The summed E-state index contributed by atoms with van der Waals surface area (Å²) in [6, 6.07) is 20.6. The Morgan fingerprint density at radius 2 is 1.67 bits per heavy atom. The van der Waals surface area contributed by atoms with Gasteiger partial charge in [0.05, 0.1) is 18.6 Å². The number of carboxylic acids is 1. The number of aliphatic carboxylic acids is 1. The molecule has 2 aromatic rings. The number of benzene rings is 2. The van der Waals surface area contributed by atoms with Crippen molar-refractivity contribution in [3.05, 3.63) is 71.8 Å². The van der Waals surface area contributed by atoms with E-state index in [0.29, 0.717) is 11.0 Å². The number of ether oxygens (including phenoxy) is 1. The zero-order valence-corrected chi connectivity index (χ0v) is 18.6. The smallest absolute Gasteiger partial charge is 0.339 e. The second-order valence-electron chi connectivity index (χ2n) is 9.35. The number of carboxylic acid groups (broad SMARTS) is 1. The van der Waals surface area contributed by atoms with Gasteiger partial charge in [0.1, 0.15) is 12.6 Å². The van der Waals surface area contributed by atoms with Crippen molar-refractivity contribution in [2.75, 3.05) is 26.7 Å². The molecule has 5 heteroatoms. The van der Waals surface area contributed by atoms with Crippen LogP contribution in [0.5, 0.6) is 0 Å². The zero-order valence-electron chi connectivity index (χ0n) is 18.6. The maximum absolute atomic E-state index is 12.2. The number of carbonyl (C=O) groups is 1. The fraction of sp³-hybridized carbons (Fsp3) is 0.480. The average molecular weight is 412 g/mol. The molecule has 0 radical (unpaired) electrons. The van der Waals surface area contributed by atoms with E-state index in [9.17, 15) is 9.90 Å². The van der Waals surface area contributed by atoms with Gasteiger partial charge in [0, 0.05) is 25.8 Å². The van der Waals surface area contributed by atoms with Crippen LogP contribution in [0.1, 0.15) is 31.9 Å². The molecule has 1 fully saturated rings. The number of hydrogen-bond donors (Lipinski definition) is 1. The van der Waals surface area contributed by atoms with Crippen molar-refractivity contribution in [2.24, 2.45) is 0 Å². The number of hydrogen-bond acceptors (Lipinski definition) is 3. The molecule has 0 amide bonds. The summed E-state index contributed by atoms with van der Waals surface area (Å²) in [6.07, 6.45) is -0.855. The van der Waals surface area contributed by atoms with Gasteiger partial charge in [-0.15, -0.1) is 0 Å². The van der Waals surface area contributed by atoms with Gasteiger partial charge in [-0.3, -0.25) is 4.90 Å². The lowest BCUT2D eigenvalue weighted by Gasteiger charge is -2.58. The maximum Gasteiger partial charge on any atom is 0.339 e. The molecule has 1 aliphatic heterocycles. The Morgan fingerprint density at radius 1 is 1.10 bits per heavy atom. The molecule has 3 atom stereocenters. The van der Waals surface area contributed by atoms with Gasteiger partial charge in [0.25, 0.3) is 0 Å². The highest BCUT2D eigenvalue weighted by molar-refractivity contribution is 5.73. The van der Waals surface area contributed by atoms with Crippen molar-refractivity contribution in [3.63, 3.8) is 0 Å². The van der Waals surface area contributed by atoms with Crippen LogP contribution in [0.25, 0.3) is 0 Å². The highest BCUT2D eigenvalue weighted by Crippen LogP contribution is 2.37. The van der Waals surface area contributed by atoms with E-state index in [1.54, 1.807) is 0 Å². The molecular formula is C25H35N2O3+. The molecule has 3 rings (SSSR count). The second kappa shape index (κ2) is 9.29. The second-order valence-corrected chi connectivity index (χ2v) is 9.35. The highest BCUT2D eigenvalue weighted by atomic mass is 16.5. The first kappa shape index (κ1) is 22.5. The average Bonchev–Trinajstić information content (AvgIpc) is 2.71. The first-order valence-electron chi connectivity index (χ1n) is 10.7. The number of nitrogens with zero attached hydrogens (tertiary/aromatic N) is 2. The summed E-state index contributed by atoms with van der Waals surface area (Å²) in [7, 11) is 1.52. The summed E-state index contributed by atoms with van der Waals surface area (Å²) in [4.78, 5) is 14.6. The molecule has 30 heavy (non-hydrogen) atoms. The SMILES string of the molecule is COC(C(=O)O)C1CN(Cc2ccccc2)CC[N+]1(Cc1ccccc1)C(C)(C)C. The molecule has 5 nitrogen and oxygen atoms in total. The van der Waals surface area contributed by atoms with Gasteiger partial charge < -0.3 is 14.3 Å². The lowest BCUT2D eigenvalue weighted by Crippen LogP contribution is -2.75. The molecule has 1 heterocycles. The Bertz CT molecular complexity index is 819. The molecule has 1 N–H and O–H groups in total. The summed E-state index contributed by atoms with van der Waals surface area (Å²) in [5.41, 5.74) is 2.35. The number of methoxy groups -OCH3 is 1. The van der Waals surface area contributed by atoms with Gasteiger partial charge in [0.2, 0.25) is 6.10 Å². The van der Waals surface area contributed by atoms with E-state index in [-0.39, 0.29) is 11.6 Å². The lowest BCUT2D eigenvalue weighted by molar-refractivity contribution is -1.01. The van der Waals surface area contributed by atoms with Crippen LogP contribution in [0.4, 0.5) is 0 Å². The Kier molecular flexibility index (Phi) is 6.96. The van der Waals surface area contributed by atoms with Crippen molar-refractivity contribution in [3.8, 4) is 0 Å². The predicted molar refractivity (Wildman–Crippen MR) is 119 cm³/mol. The van der Waals surface area contributed by atoms with Crippen LogP contribution in [-0.2, 0) is 22.6 Å². The van der Waals surface area contributed by atoms with E-state index in [0.717, 1.165) is 26.2 Å². The molecule has 0 aliphatic carbocycles. The normalized spacial score (nSPS) is 23.8. The molecule has 162 valence electrons. The Morgan fingerprint density at radius 3 is 2.17 bits per heavy atom. The zero-order chi connectivity index (χ0) is 21.8. The van der Waals surface area contributed by atoms with Crippen molar-refractivity contribution in [1.82, 2.24) is 4.90 Å². The lowest BCUT2D eigenvalue weighted by atomic mass is 9.89. The summed E-state index contributed by atoms with van der Waals surface area (Å²) in [5, 5.41) is 10.0. The molecule has 0 aromatic heterocycles. The van der Waals surface area contributed by atoms with Crippen LogP contribution in [0, 0.1) is 0 Å². The minimum atomic E-state index is -0.885. The van der Waals surface area contributed by atoms with E-state index < -0.39 is 12.1 Å². The molecule has 0 spiro atoms. The summed E-state index contributed by atoms with van der Waals surface area (Å²) >= 11 is 0. The van der Waals surface area contributed by atoms with E-state index in [2.05, 4.69) is 74.2 Å². The molecule has 1 aliphatic rings. The molecule has 2 aromatic carbocycles. The van der Waals surface area contributed by atoms with Crippen molar-refractivity contribution >= 4 is 5.97 Å². The Balaban J connectivity index is 1.97. The van der Waals surface area contributed by atoms with Crippen molar-refractivity contribution in [2.45, 2.75) is 51.5 Å². The van der Waals surface area contributed by atoms with Gasteiger partial charge in [0.15, 0.2) is 0 Å². The molecule has 0 bridgehead atoms. The number of rotatable bonds is 7. The highest BCUT2D eigenvalue weighted by Gasteiger charge is 2.54. The topological polar surface area (TPSA) is 49.8 Å². The van der Waals surface area contributed by atoms with Crippen molar-refractivity contribution < 1.29 is 19.1 Å². The molecule has 0 saturated carbocycles. The Hall–Kier alpha value is -2.21.